The molecule has 0 aliphatic carbocycles. The standard InChI is InChI=1S/C15H25NO/c1-10(2)6-11(3)9-17-15-8-12(4)14(16)7-13(15)5/h7-8,10-11H,6,9,16H2,1-5H3. The van der Waals surface area contributed by atoms with Gasteiger partial charge < -0.3 is 10.5 Å². The highest BCUT2D eigenvalue weighted by Crippen LogP contribution is 2.25. The number of nitrogens with two attached hydrogens (primary N) is 1. The third-order valence-corrected chi connectivity index (χ3v) is 2.96. The van der Waals surface area contributed by atoms with Crippen molar-refractivity contribution in [2.24, 2.45) is 11.8 Å². The van der Waals surface area contributed by atoms with Crippen molar-refractivity contribution in [3.05, 3.63) is 23.3 Å². The molecule has 0 saturated heterocycles. The summed E-state index contributed by atoms with van der Waals surface area (Å²) in [4.78, 5) is 0. The molecule has 0 heterocycles. The molecule has 0 spiro atoms. The van der Waals surface area contributed by atoms with Gasteiger partial charge in [0.1, 0.15) is 5.75 Å². The molecule has 0 radical (unpaired) electrons. The monoisotopic (exact) mass is 235 g/mol. The van der Waals surface area contributed by atoms with Crippen LogP contribution in [0.5, 0.6) is 5.75 Å². The molecule has 1 atom stereocenters. The number of benzene rings is 1. The molecule has 1 aromatic carbocycles. The van der Waals surface area contributed by atoms with Crippen LogP contribution >= 0.6 is 0 Å². The quantitative estimate of drug-likeness (QED) is 0.784. The highest BCUT2D eigenvalue weighted by Gasteiger charge is 2.08. The predicted molar refractivity (Wildman–Crippen MR) is 74.4 cm³/mol. The summed E-state index contributed by atoms with van der Waals surface area (Å²) in [5.41, 5.74) is 8.89. The lowest BCUT2D eigenvalue weighted by Crippen LogP contribution is -2.11. The summed E-state index contributed by atoms with van der Waals surface area (Å²) in [6, 6.07) is 4.02. The third-order valence-electron chi connectivity index (χ3n) is 2.96. The van der Waals surface area contributed by atoms with Crippen LogP contribution in [0.3, 0.4) is 0 Å². The van der Waals surface area contributed by atoms with E-state index in [2.05, 4.69) is 20.8 Å². The van der Waals surface area contributed by atoms with Crippen molar-refractivity contribution < 1.29 is 4.74 Å². The van der Waals surface area contributed by atoms with Gasteiger partial charge in [0.25, 0.3) is 0 Å². The minimum Gasteiger partial charge on any atom is -0.493 e. The van der Waals surface area contributed by atoms with E-state index >= 15 is 0 Å². The molecule has 17 heavy (non-hydrogen) atoms. The van der Waals surface area contributed by atoms with Crippen LogP contribution < -0.4 is 10.5 Å². The topological polar surface area (TPSA) is 35.2 Å². The molecule has 0 aliphatic rings. The van der Waals surface area contributed by atoms with Gasteiger partial charge in [-0.25, -0.2) is 0 Å². The summed E-state index contributed by atoms with van der Waals surface area (Å²) < 4.78 is 5.88. The smallest absolute Gasteiger partial charge is 0.122 e. The molecule has 0 fully saturated rings. The largest absolute Gasteiger partial charge is 0.493 e. The van der Waals surface area contributed by atoms with Crippen LogP contribution in [0.2, 0.25) is 0 Å². The Morgan fingerprint density at radius 3 is 2.35 bits per heavy atom. The Kier molecular flexibility index (Phi) is 4.86. The van der Waals surface area contributed by atoms with Crippen LogP contribution in [-0.4, -0.2) is 6.61 Å². The Bertz CT molecular complexity index is 371. The molecule has 96 valence electrons. The molecule has 2 nitrogen and oxygen atoms in total. The number of anilines is 1. The molecular weight excluding hydrogens is 210 g/mol. The van der Waals surface area contributed by atoms with Gasteiger partial charge >= 0.3 is 0 Å². The van der Waals surface area contributed by atoms with Crippen LogP contribution in [0, 0.1) is 25.7 Å². The fourth-order valence-corrected chi connectivity index (χ4v) is 2.07. The maximum Gasteiger partial charge on any atom is 0.122 e. The number of hydrogen-bond donors (Lipinski definition) is 1. The van der Waals surface area contributed by atoms with Gasteiger partial charge in [-0.15, -0.1) is 0 Å². The van der Waals surface area contributed by atoms with Crippen molar-refractivity contribution in [2.75, 3.05) is 12.3 Å². The fourth-order valence-electron chi connectivity index (χ4n) is 2.07. The summed E-state index contributed by atoms with van der Waals surface area (Å²) in [7, 11) is 0. The van der Waals surface area contributed by atoms with E-state index in [4.69, 9.17) is 10.5 Å². The molecule has 2 N–H and O–H groups in total. The van der Waals surface area contributed by atoms with E-state index in [1.165, 1.54) is 6.42 Å². The average molecular weight is 235 g/mol. The number of ether oxygens (including phenoxy) is 1. The van der Waals surface area contributed by atoms with Gasteiger partial charge in [-0.3, -0.25) is 0 Å². The van der Waals surface area contributed by atoms with Crippen LogP contribution in [-0.2, 0) is 0 Å². The van der Waals surface area contributed by atoms with Crippen molar-refractivity contribution in [3.8, 4) is 5.75 Å². The molecular formula is C15H25NO. The van der Waals surface area contributed by atoms with E-state index in [0.29, 0.717) is 5.92 Å². The van der Waals surface area contributed by atoms with Crippen LogP contribution in [0.15, 0.2) is 12.1 Å². The Morgan fingerprint density at radius 2 is 1.76 bits per heavy atom. The summed E-state index contributed by atoms with van der Waals surface area (Å²) >= 11 is 0. The van der Waals surface area contributed by atoms with Gasteiger partial charge in [0, 0.05) is 5.69 Å². The maximum atomic E-state index is 5.88. The predicted octanol–water partition coefficient (Wildman–Crippen LogP) is 3.95. The molecule has 1 unspecified atom stereocenters. The zero-order chi connectivity index (χ0) is 13.0. The zero-order valence-electron chi connectivity index (χ0n) is 11.7. The zero-order valence-corrected chi connectivity index (χ0v) is 11.7. The highest BCUT2D eigenvalue weighted by atomic mass is 16.5. The second-order valence-corrected chi connectivity index (χ2v) is 5.52. The number of rotatable bonds is 5. The second kappa shape index (κ2) is 5.95. The van der Waals surface area contributed by atoms with Crippen LogP contribution in [0.25, 0.3) is 0 Å². The average Bonchev–Trinajstić information content (AvgIpc) is 2.20. The maximum absolute atomic E-state index is 5.88. The van der Waals surface area contributed by atoms with Crippen molar-refractivity contribution >= 4 is 5.69 Å². The first kappa shape index (κ1) is 13.9. The van der Waals surface area contributed by atoms with Gasteiger partial charge in [0.15, 0.2) is 0 Å². The van der Waals surface area contributed by atoms with Crippen molar-refractivity contribution in [2.45, 2.75) is 41.0 Å². The first-order valence-corrected chi connectivity index (χ1v) is 6.39. The number of hydrogen-bond acceptors (Lipinski definition) is 2. The lowest BCUT2D eigenvalue weighted by molar-refractivity contribution is 0.237. The second-order valence-electron chi connectivity index (χ2n) is 5.52. The Morgan fingerprint density at radius 1 is 1.12 bits per heavy atom. The molecule has 1 rings (SSSR count). The molecule has 2 heteroatoms. The molecule has 0 bridgehead atoms. The molecule has 0 amide bonds. The Balaban J connectivity index is 2.60. The summed E-state index contributed by atoms with van der Waals surface area (Å²) in [6.45, 7) is 11.6. The fraction of sp³-hybridized carbons (Fsp3) is 0.600. The SMILES string of the molecule is Cc1cc(OCC(C)CC(C)C)c(C)cc1N. The van der Waals surface area contributed by atoms with Gasteiger partial charge in [-0.1, -0.05) is 20.8 Å². The lowest BCUT2D eigenvalue weighted by atomic mass is 10.00. The first-order chi connectivity index (χ1) is 7.90. The highest BCUT2D eigenvalue weighted by molar-refractivity contribution is 5.53. The van der Waals surface area contributed by atoms with E-state index < -0.39 is 0 Å². The Hall–Kier alpha value is -1.18. The summed E-state index contributed by atoms with van der Waals surface area (Å²) in [6.07, 6.45) is 1.20. The van der Waals surface area contributed by atoms with Crippen molar-refractivity contribution in [1.29, 1.82) is 0 Å². The molecule has 0 aliphatic heterocycles. The minimum atomic E-state index is 0.590. The van der Waals surface area contributed by atoms with Gasteiger partial charge in [-0.2, -0.15) is 0 Å². The van der Waals surface area contributed by atoms with Crippen molar-refractivity contribution in [3.63, 3.8) is 0 Å². The van der Waals surface area contributed by atoms with E-state index in [0.717, 1.165) is 35.1 Å². The third kappa shape index (κ3) is 4.29. The van der Waals surface area contributed by atoms with E-state index in [9.17, 15) is 0 Å². The van der Waals surface area contributed by atoms with Gasteiger partial charge in [-0.05, 0) is 55.4 Å². The molecule has 1 aromatic rings. The summed E-state index contributed by atoms with van der Waals surface area (Å²) in [5.74, 6) is 2.28. The van der Waals surface area contributed by atoms with Gasteiger partial charge in [0.05, 0.1) is 6.61 Å². The van der Waals surface area contributed by atoms with Gasteiger partial charge in [0.2, 0.25) is 0 Å². The van der Waals surface area contributed by atoms with Crippen LogP contribution in [0.4, 0.5) is 5.69 Å². The van der Waals surface area contributed by atoms with Crippen molar-refractivity contribution in [1.82, 2.24) is 0 Å². The normalized spacial score (nSPS) is 12.8. The first-order valence-electron chi connectivity index (χ1n) is 6.39. The van der Waals surface area contributed by atoms with Crippen LogP contribution in [0.1, 0.15) is 38.3 Å². The number of aryl methyl sites for hydroxylation is 2. The summed E-state index contributed by atoms with van der Waals surface area (Å²) in [5, 5.41) is 0. The molecule has 0 saturated carbocycles. The minimum absolute atomic E-state index is 0.590. The molecule has 0 aromatic heterocycles. The number of nitrogen functional groups attached to an aromatic ring is 1. The lowest BCUT2D eigenvalue weighted by Gasteiger charge is -2.17. The van der Waals surface area contributed by atoms with E-state index in [-0.39, 0.29) is 0 Å². The van der Waals surface area contributed by atoms with E-state index in [1.54, 1.807) is 0 Å². The van der Waals surface area contributed by atoms with E-state index in [1.807, 2.05) is 26.0 Å². The Labute approximate surface area is 105 Å².